The van der Waals surface area contributed by atoms with Gasteiger partial charge in [0.25, 0.3) is 0 Å². The molecular weight excluding hydrogens is 869 g/mol. The Labute approximate surface area is 393 Å². The highest BCUT2D eigenvalue weighted by Crippen LogP contribution is 2.65. The summed E-state index contributed by atoms with van der Waals surface area (Å²) in [6.07, 6.45) is -1.09. The average molecular weight is 919 g/mol. The van der Waals surface area contributed by atoms with Crippen LogP contribution >= 0.6 is 0 Å². The van der Waals surface area contributed by atoms with Crippen LogP contribution in [0.3, 0.4) is 0 Å². The van der Waals surface area contributed by atoms with E-state index in [-0.39, 0.29) is 19.6 Å². The van der Waals surface area contributed by atoms with Gasteiger partial charge in [-0.2, -0.15) is 0 Å². The molecule has 15 heteroatoms. The molecule has 0 aliphatic carbocycles. The number of morpholine rings is 2. The third-order valence-corrected chi connectivity index (χ3v) is 13.2. The highest BCUT2D eigenvalue weighted by atomic mass is 16.6. The van der Waals surface area contributed by atoms with E-state index in [9.17, 15) is 14.7 Å². The van der Waals surface area contributed by atoms with E-state index in [1.807, 2.05) is 89.8 Å². The first-order valence-corrected chi connectivity index (χ1v) is 22.4. The molecule has 9 rings (SSSR count). The van der Waals surface area contributed by atoms with Crippen molar-refractivity contribution in [2.24, 2.45) is 11.8 Å². The van der Waals surface area contributed by atoms with Gasteiger partial charge in [0, 0.05) is 42.1 Å². The summed E-state index contributed by atoms with van der Waals surface area (Å²) in [7, 11) is 2.34. The van der Waals surface area contributed by atoms with E-state index >= 15 is 14.4 Å². The third kappa shape index (κ3) is 8.42. The maximum atomic E-state index is 15.7. The Bertz CT molecular complexity index is 2720. The van der Waals surface area contributed by atoms with Crippen LogP contribution in [-0.2, 0) is 48.3 Å². The number of cyclic esters (lactones) is 1. The summed E-state index contributed by atoms with van der Waals surface area (Å²) in [4.78, 5) is 75.8. The fraction of sp³-hybridized carbons (Fsp3) is 0.302. The molecule has 4 heterocycles. The zero-order chi connectivity index (χ0) is 47.4. The SMILES string of the molecule is COC(=O)C(CC#Cc1ccc2c(c1)[C@]1(C(=O)N2)[C@H](c2ccc(OCCO)cc2)N2[C@H](c3ccccc3)[C@H](c3ccccc3)OC(=O)[C@H]2[C@@H]1C(=O)Nc1ccc(N2CCOCC2)cc1)C(=O)OC. The van der Waals surface area contributed by atoms with Gasteiger partial charge in [-0.15, -0.1) is 0 Å². The van der Waals surface area contributed by atoms with Crippen molar-refractivity contribution in [1.29, 1.82) is 0 Å². The molecule has 5 aromatic rings. The number of methoxy groups -OCH3 is 2. The summed E-state index contributed by atoms with van der Waals surface area (Å²) in [5, 5.41) is 15.8. The van der Waals surface area contributed by atoms with E-state index in [0.29, 0.717) is 52.6 Å². The van der Waals surface area contributed by atoms with Gasteiger partial charge in [0.1, 0.15) is 29.9 Å². The molecule has 348 valence electrons. The quantitative estimate of drug-likeness (QED) is 0.0618. The van der Waals surface area contributed by atoms with Crippen molar-refractivity contribution in [3.8, 4) is 17.6 Å². The van der Waals surface area contributed by atoms with E-state index in [0.717, 1.165) is 24.3 Å². The van der Waals surface area contributed by atoms with Crippen molar-refractivity contribution in [3.63, 3.8) is 0 Å². The smallest absolute Gasteiger partial charge is 0.324 e. The summed E-state index contributed by atoms with van der Waals surface area (Å²) >= 11 is 0. The van der Waals surface area contributed by atoms with Gasteiger partial charge in [-0.1, -0.05) is 84.6 Å². The molecule has 3 N–H and O–H groups in total. The van der Waals surface area contributed by atoms with Crippen LogP contribution in [0.5, 0.6) is 5.75 Å². The highest BCUT2D eigenvalue weighted by Gasteiger charge is 2.74. The summed E-state index contributed by atoms with van der Waals surface area (Å²) in [5.74, 6) is 0.328. The first-order valence-electron chi connectivity index (χ1n) is 22.4. The molecule has 0 aromatic heterocycles. The van der Waals surface area contributed by atoms with Gasteiger partial charge in [0.05, 0.1) is 52.0 Å². The van der Waals surface area contributed by atoms with E-state index in [4.69, 9.17) is 23.7 Å². The molecule has 0 radical (unpaired) electrons. The van der Waals surface area contributed by atoms with E-state index in [1.54, 1.807) is 42.5 Å². The van der Waals surface area contributed by atoms with Crippen LogP contribution in [0, 0.1) is 23.7 Å². The molecule has 4 aliphatic rings. The van der Waals surface area contributed by atoms with Crippen molar-refractivity contribution in [3.05, 3.63) is 155 Å². The Morgan fingerprint density at radius 1 is 0.824 bits per heavy atom. The van der Waals surface area contributed by atoms with Crippen molar-refractivity contribution < 1.29 is 52.8 Å². The second kappa shape index (κ2) is 19.8. The van der Waals surface area contributed by atoms with Crippen molar-refractivity contribution >= 4 is 46.8 Å². The molecular formula is C53H50N4O11. The number of nitrogens with one attached hydrogen (secondary N) is 2. The van der Waals surface area contributed by atoms with Gasteiger partial charge in [-0.3, -0.25) is 28.9 Å². The molecule has 3 saturated heterocycles. The number of benzene rings is 5. The minimum absolute atomic E-state index is 0.0524. The number of ether oxygens (including phenoxy) is 5. The molecule has 2 amide bonds. The third-order valence-electron chi connectivity index (χ3n) is 13.2. The Kier molecular flexibility index (Phi) is 13.3. The molecule has 4 aliphatic heterocycles. The van der Waals surface area contributed by atoms with Crippen LogP contribution in [-0.4, -0.2) is 99.5 Å². The Morgan fingerprint density at radius 3 is 2.13 bits per heavy atom. The minimum Gasteiger partial charge on any atom is -0.491 e. The Balaban J connectivity index is 1.25. The highest BCUT2D eigenvalue weighted by molar-refractivity contribution is 6.13. The minimum atomic E-state index is -1.83. The molecule has 15 nitrogen and oxygen atoms in total. The molecule has 0 unspecified atom stereocenters. The summed E-state index contributed by atoms with van der Waals surface area (Å²) in [5.41, 5.74) is 2.90. The van der Waals surface area contributed by atoms with E-state index < -0.39 is 71.2 Å². The van der Waals surface area contributed by atoms with Gasteiger partial charge in [0.15, 0.2) is 5.92 Å². The lowest BCUT2D eigenvalue weighted by atomic mass is 9.65. The molecule has 68 heavy (non-hydrogen) atoms. The first-order chi connectivity index (χ1) is 33.2. The van der Waals surface area contributed by atoms with Gasteiger partial charge in [-0.05, 0) is 76.9 Å². The van der Waals surface area contributed by atoms with Crippen LogP contribution in [0.25, 0.3) is 0 Å². The topological polar surface area (TPSA) is 182 Å². The fourth-order valence-corrected chi connectivity index (χ4v) is 10.2. The number of carbonyl (C=O) groups is 5. The van der Waals surface area contributed by atoms with Crippen molar-refractivity contribution in [2.75, 3.05) is 69.3 Å². The number of nitrogens with zero attached hydrogens (tertiary/aromatic N) is 2. The van der Waals surface area contributed by atoms with Gasteiger partial charge in [0.2, 0.25) is 11.8 Å². The lowest BCUT2D eigenvalue weighted by molar-refractivity contribution is -0.178. The van der Waals surface area contributed by atoms with Crippen molar-refractivity contribution in [1.82, 2.24) is 4.90 Å². The standard InChI is InChI=1S/C53H50N4O11/c1-64-49(60)40(50(61)65-2)15-9-10-33-16-25-42-41(32-33)53(52(63)55-42)43(48(59)54-37-19-21-38(22-20-37)56-26-29-66-30-27-56)45-51(62)68-46(35-13-7-4-8-14-35)44(34-11-5-3-6-12-34)57(45)47(53)36-17-23-39(24-18-36)67-31-28-58/h3-8,11-14,16-25,32,40,43-47,58H,15,26-31H2,1-2H3,(H,54,59)(H,55,63)/t43-,44-,45-,46+,47+,53-/m1/s1. The predicted octanol–water partition coefficient (Wildman–Crippen LogP) is 5.51. The number of carbonyl (C=O) groups excluding carboxylic acids is 5. The second-order valence-corrected chi connectivity index (χ2v) is 16.9. The molecule has 5 aromatic carbocycles. The predicted molar refractivity (Wildman–Crippen MR) is 249 cm³/mol. The summed E-state index contributed by atoms with van der Waals surface area (Å²) in [6, 6.07) is 35.6. The zero-order valence-corrected chi connectivity index (χ0v) is 37.5. The molecule has 0 bridgehead atoms. The van der Waals surface area contributed by atoms with Gasteiger partial charge >= 0.3 is 17.9 Å². The average Bonchev–Trinajstić information content (AvgIpc) is 3.86. The van der Waals surface area contributed by atoms with Crippen LogP contribution in [0.15, 0.2) is 127 Å². The Morgan fingerprint density at radius 2 is 1.49 bits per heavy atom. The van der Waals surface area contributed by atoms with Crippen LogP contribution in [0.1, 0.15) is 52.4 Å². The van der Waals surface area contributed by atoms with Gasteiger partial charge in [-0.25, -0.2) is 0 Å². The van der Waals surface area contributed by atoms with Crippen LogP contribution in [0.2, 0.25) is 0 Å². The number of hydrogen-bond acceptors (Lipinski definition) is 13. The Hall–Kier alpha value is -7.51. The number of anilines is 3. The largest absolute Gasteiger partial charge is 0.491 e. The number of hydrogen-bond donors (Lipinski definition) is 3. The number of aliphatic hydroxyl groups excluding tert-OH is 1. The normalized spacial score (nSPS) is 22.8. The second-order valence-electron chi connectivity index (χ2n) is 16.9. The van der Waals surface area contributed by atoms with Crippen LogP contribution < -0.4 is 20.3 Å². The number of amides is 2. The zero-order valence-electron chi connectivity index (χ0n) is 37.5. The fourth-order valence-electron chi connectivity index (χ4n) is 10.2. The lowest BCUT2D eigenvalue weighted by Gasteiger charge is -2.46. The van der Waals surface area contributed by atoms with E-state index in [2.05, 4.69) is 27.4 Å². The van der Waals surface area contributed by atoms with Crippen molar-refractivity contribution in [2.45, 2.75) is 36.1 Å². The number of fused-ring (bicyclic) bond motifs is 3. The maximum absolute atomic E-state index is 15.7. The molecule has 3 fully saturated rings. The monoisotopic (exact) mass is 918 g/mol. The number of rotatable bonds is 12. The van der Waals surface area contributed by atoms with E-state index in [1.165, 1.54) is 14.2 Å². The lowest BCUT2D eigenvalue weighted by Crippen LogP contribution is -2.53. The van der Waals surface area contributed by atoms with Crippen LogP contribution in [0.4, 0.5) is 17.1 Å². The molecule has 1 spiro atoms. The number of esters is 3. The maximum Gasteiger partial charge on any atom is 0.324 e. The molecule has 0 saturated carbocycles. The summed E-state index contributed by atoms with van der Waals surface area (Å²) < 4.78 is 27.5. The van der Waals surface area contributed by atoms with Gasteiger partial charge < -0.3 is 44.3 Å². The summed E-state index contributed by atoms with van der Waals surface area (Å²) in [6.45, 7) is 2.49. The number of aliphatic hydroxyl groups is 1. The first kappa shape index (κ1) is 45.6. The molecule has 6 atom stereocenters.